The summed E-state index contributed by atoms with van der Waals surface area (Å²) in [5.41, 5.74) is 2.13. The molecule has 0 spiro atoms. The molecular formula is C21H21N3O5. The van der Waals surface area contributed by atoms with Crippen molar-refractivity contribution in [2.45, 2.75) is 13.8 Å². The Bertz CT molecular complexity index is 1020. The van der Waals surface area contributed by atoms with Crippen LogP contribution in [0.3, 0.4) is 0 Å². The molecule has 0 aliphatic rings. The second-order valence-corrected chi connectivity index (χ2v) is 6.23. The van der Waals surface area contributed by atoms with E-state index in [1.807, 2.05) is 6.07 Å². The zero-order valence-corrected chi connectivity index (χ0v) is 16.5. The van der Waals surface area contributed by atoms with E-state index in [1.54, 1.807) is 50.2 Å². The maximum Gasteiger partial charge on any atom is 0.261 e. The van der Waals surface area contributed by atoms with E-state index in [9.17, 15) is 9.59 Å². The van der Waals surface area contributed by atoms with E-state index in [1.165, 1.54) is 14.2 Å². The van der Waals surface area contributed by atoms with Crippen molar-refractivity contribution in [1.29, 1.82) is 0 Å². The molecule has 3 aromatic rings. The van der Waals surface area contributed by atoms with Gasteiger partial charge < -0.3 is 24.6 Å². The van der Waals surface area contributed by atoms with Crippen LogP contribution < -0.4 is 20.1 Å². The van der Waals surface area contributed by atoms with Crippen LogP contribution in [-0.2, 0) is 0 Å². The summed E-state index contributed by atoms with van der Waals surface area (Å²) in [6.45, 7) is 3.35. The normalized spacial score (nSPS) is 10.3. The molecule has 0 saturated heterocycles. The van der Waals surface area contributed by atoms with Crippen molar-refractivity contribution >= 4 is 23.2 Å². The molecule has 0 radical (unpaired) electrons. The van der Waals surface area contributed by atoms with Gasteiger partial charge in [-0.2, -0.15) is 0 Å². The Hall–Kier alpha value is -3.81. The lowest BCUT2D eigenvalue weighted by Crippen LogP contribution is -2.16. The maximum atomic E-state index is 12.7. The smallest absolute Gasteiger partial charge is 0.261 e. The highest BCUT2D eigenvalue weighted by Crippen LogP contribution is 2.37. The number of carbonyl (C=O) groups excluding carboxylic acids is 2. The molecule has 1 heterocycles. The van der Waals surface area contributed by atoms with Crippen LogP contribution in [0.5, 0.6) is 11.5 Å². The summed E-state index contributed by atoms with van der Waals surface area (Å²) < 4.78 is 15.8. The van der Waals surface area contributed by atoms with Gasteiger partial charge in [-0.1, -0.05) is 23.4 Å². The molecule has 1 aromatic heterocycles. The van der Waals surface area contributed by atoms with Gasteiger partial charge in [0.1, 0.15) is 22.8 Å². The number of nitrogens with zero attached hydrogens (tertiary/aromatic N) is 1. The highest BCUT2D eigenvalue weighted by molar-refractivity contribution is 6.08. The summed E-state index contributed by atoms with van der Waals surface area (Å²) in [6.07, 6.45) is 0. The molecule has 3 rings (SSSR count). The number of benzene rings is 2. The predicted octanol–water partition coefficient (Wildman–Crippen LogP) is 3.81. The van der Waals surface area contributed by atoms with Crippen molar-refractivity contribution in [2.75, 3.05) is 24.9 Å². The molecule has 2 N–H and O–H groups in total. The van der Waals surface area contributed by atoms with Gasteiger partial charge in [0.25, 0.3) is 11.8 Å². The number of nitrogens with one attached hydrogen (secondary N) is 2. The van der Waals surface area contributed by atoms with Gasteiger partial charge in [0, 0.05) is 17.7 Å². The summed E-state index contributed by atoms with van der Waals surface area (Å²) in [4.78, 5) is 25.1. The second kappa shape index (κ2) is 8.47. The van der Waals surface area contributed by atoms with Crippen LogP contribution in [0.2, 0.25) is 0 Å². The fourth-order valence-electron chi connectivity index (χ4n) is 2.87. The predicted molar refractivity (Wildman–Crippen MR) is 108 cm³/mol. The van der Waals surface area contributed by atoms with Crippen LogP contribution in [0, 0.1) is 13.8 Å². The molecule has 0 aliphatic heterocycles. The molecule has 29 heavy (non-hydrogen) atoms. The molecule has 0 atom stereocenters. The summed E-state index contributed by atoms with van der Waals surface area (Å²) in [6, 6.07) is 12.0. The highest BCUT2D eigenvalue weighted by atomic mass is 16.5. The lowest BCUT2D eigenvalue weighted by atomic mass is 10.1. The Labute approximate surface area is 167 Å². The zero-order valence-electron chi connectivity index (χ0n) is 16.5. The van der Waals surface area contributed by atoms with Crippen molar-refractivity contribution in [3.8, 4) is 11.5 Å². The topological polar surface area (TPSA) is 103 Å². The lowest BCUT2D eigenvalue weighted by molar-refractivity contribution is 0.101. The SMILES string of the molecule is COc1cc(NC(=O)c2c(C)noc2C)c(OC)cc1NC(=O)c1ccccc1. The van der Waals surface area contributed by atoms with Gasteiger partial charge >= 0.3 is 0 Å². The van der Waals surface area contributed by atoms with E-state index >= 15 is 0 Å². The first-order valence-electron chi connectivity index (χ1n) is 8.81. The number of rotatable bonds is 6. The molecule has 0 unspecified atom stereocenters. The first kappa shape index (κ1) is 19.9. The van der Waals surface area contributed by atoms with E-state index in [0.29, 0.717) is 45.5 Å². The lowest BCUT2D eigenvalue weighted by Gasteiger charge is -2.16. The third-order valence-electron chi connectivity index (χ3n) is 4.31. The van der Waals surface area contributed by atoms with Gasteiger partial charge in [-0.25, -0.2) is 0 Å². The standard InChI is InChI=1S/C21H21N3O5/c1-12-19(13(2)29-24-12)21(26)23-16-11-17(27-3)15(10-18(16)28-4)22-20(25)14-8-6-5-7-9-14/h5-11H,1-4H3,(H,22,25)(H,23,26). The quantitative estimate of drug-likeness (QED) is 0.658. The van der Waals surface area contributed by atoms with E-state index in [4.69, 9.17) is 14.0 Å². The van der Waals surface area contributed by atoms with Gasteiger partial charge in [-0.05, 0) is 26.0 Å². The third-order valence-corrected chi connectivity index (χ3v) is 4.31. The maximum absolute atomic E-state index is 12.7. The van der Waals surface area contributed by atoms with Crippen molar-refractivity contribution in [3.63, 3.8) is 0 Å². The number of aromatic nitrogens is 1. The molecule has 0 aliphatic carbocycles. The van der Waals surface area contributed by atoms with Gasteiger partial charge in [-0.3, -0.25) is 9.59 Å². The summed E-state index contributed by atoms with van der Waals surface area (Å²) in [5.74, 6) is 0.456. The molecule has 0 fully saturated rings. The molecule has 0 saturated carbocycles. The summed E-state index contributed by atoms with van der Waals surface area (Å²) in [5, 5.41) is 9.36. The van der Waals surface area contributed by atoms with Crippen LogP contribution in [0.4, 0.5) is 11.4 Å². The van der Waals surface area contributed by atoms with Crippen molar-refractivity contribution in [3.05, 3.63) is 65.0 Å². The zero-order chi connectivity index (χ0) is 21.0. The van der Waals surface area contributed by atoms with E-state index in [0.717, 1.165) is 0 Å². The fraction of sp³-hybridized carbons (Fsp3) is 0.190. The Morgan fingerprint density at radius 2 is 1.45 bits per heavy atom. The highest BCUT2D eigenvalue weighted by Gasteiger charge is 2.21. The minimum absolute atomic E-state index is 0.293. The number of methoxy groups -OCH3 is 2. The minimum atomic E-state index is -0.386. The number of anilines is 2. The van der Waals surface area contributed by atoms with Gasteiger partial charge in [0.15, 0.2) is 0 Å². The van der Waals surface area contributed by atoms with Crippen molar-refractivity contribution in [1.82, 2.24) is 5.16 Å². The van der Waals surface area contributed by atoms with Crippen molar-refractivity contribution < 1.29 is 23.6 Å². The number of aryl methyl sites for hydroxylation is 2. The van der Waals surface area contributed by atoms with Crippen LogP contribution in [0.15, 0.2) is 47.0 Å². The minimum Gasteiger partial charge on any atom is -0.494 e. The molecular weight excluding hydrogens is 374 g/mol. The van der Waals surface area contributed by atoms with E-state index in [-0.39, 0.29) is 11.8 Å². The number of amides is 2. The van der Waals surface area contributed by atoms with E-state index in [2.05, 4.69) is 15.8 Å². The van der Waals surface area contributed by atoms with Crippen molar-refractivity contribution in [2.24, 2.45) is 0 Å². The third kappa shape index (κ3) is 4.21. The van der Waals surface area contributed by atoms with Crippen LogP contribution in [-0.4, -0.2) is 31.2 Å². The first-order chi connectivity index (χ1) is 13.9. The Morgan fingerprint density at radius 1 is 0.897 bits per heavy atom. The molecule has 8 nitrogen and oxygen atoms in total. The monoisotopic (exact) mass is 395 g/mol. The summed E-state index contributed by atoms with van der Waals surface area (Å²) in [7, 11) is 2.94. The average molecular weight is 395 g/mol. The van der Waals surface area contributed by atoms with Crippen LogP contribution in [0.25, 0.3) is 0 Å². The molecule has 0 bridgehead atoms. The molecule has 8 heteroatoms. The molecule has 2 aromatic carbocycles. The Kier molecular flexibility index (Phi) is 5.82. The molecule has 150 valence electrons. The number of hydrogen-bond acceptors (Lipinski definition) is 6. The van der Waals surface area contributed by atoms with E-state index < -0.39 is 0 Å². The Morgan fingerprint density at radius 3 is 1.93 bits per heavy atom. The average Bonchev–Trinajstić information content (AvgIpc) is 3.07. The molecule has 2 amide bonds. The van der Waals surface area contributed by atoms with Gasteiger partial charge in [-0.15, -0.1) is 0 Å². The van der Waals surface area contributed by atoms with Crippen LogP contribution in [0.1, 0.15) is 32.2 Å². The second-order valence-electron chi connectivity index (χ2n) is 6.23. The largest absolute Gasteiger partial charge is 0.494 e. The summed E-state index contributed by atoms with van der Waals surface area (Å²) >= 11 is 0. The van der Waals surface area contributed by atoms with Gasteiger partial charge in [0.2, 0.25) is 0 Å². The van der Waals surface area contributed by atoms with Crippen LogP contribution >= 0.6 is 0 Å². The number of ether oxygens (including phenoxy) is 2. The first-order valence-corrected chi connectivity index (χ1v) is 8.81. The Balaban J connectivity index is 1.90. The van der Waals surface area contributed by atoms with Gasteiger partial charge in [0.05, 0.1) is 31.3 Å². The number of carbonyl (C=O) groups is 2. The number of hydrogen-bond donors (Lipinski definition) is 2. The fourth-order valence-corrected chi connectivity index (χ4v) is 2.87.